The molecule has 0 spiro atoms. The number of benzene rings is 2. The Hall–Kier alpha value is -4.38. The number of fused-ring (bicyclic) bond motifs is 1. The van der Waals surface area contributed by atoms with Crippen LogP contribution in [0.4, 0.5) is 4.79 Å². The standard InChI is InChI=1S/C34H46N6O5/c1-23(26-22-36-27-15-9-8-14-25(26)27)29(30(41)37-28(16-10-11-17-35)32(43)45-34(2,3)4)38-33(44)40-20-18-39(19-21-40)31(42)24-12-6-5-7-13-24/h5-9,12-15,22-23,28-29,36H,10-11,16-21,35H2,1-4H3,(H,37,41)(H,38,44). The van der Waals surface area contributed by atoms with Gasteiger partial charge in [0.15, 0.2) is 0 Å². The number of para-hydroxylation sites is 1. The number of urea groups is 1. The quantitative estimate of drug-likeness (QED) is 0.190. The van der Waals surface area contributed by atoms with E-state index in [0.717, 1.165) is 16.5 Å². The molecule has 0 aliphatic carbocycles. The van der Waals surface area contributed by atoms with Crippen molar-refractivity contribution in [1.29, 1.82) is 0 Å². The normalized spacial score (nSPS) is 15.7. The van der Waals surface area contributed by atoms with Crippen molar-refractivity contribution in [3.8, 4) is 0 Å². The van der Waals surface area contributed by atoms with Gasteiger partial charge < -0.3 is 35.9 Å². The van der Waals surface area contributed by atoms with Crippen LogP contribution in [0.3, 0.4) is 0 Å². The van der Waals surface area contributed by atoms with Crippen LogP contribution < -0.4 is 16.4 Å². The molecule has 45 heavy (non-hydrogen) atoms. The number of carbonyl (C=O) groups excluding carboxylic acids is 4. The third kappa shape index (κ3) is 8.85. The number of nitrogens with two attached hydrogens (primary N) is 1. The van der Waals surface area contributed by atoms with Crippen molar-refractivity contribution >= 4 is 34.7 Å². The Morgan fingerprint density at radius 1 is 0.911 bits per heavy atom. The van der Waals surface area contributed by atoms with Crippen molar-refractivity contribution in [2.45, 2.75) is 70.6 Å². The van der Waals surface area contributed by atoms with Crippen molar-refractivity contribution in [2.24, 2.45) is 5.73 Å². The minimum absolute atomic E-state index is 0.0799. The Morgan fingerprint density at radius 2 is 1.56 bits per heavy atom. The van der Waals surface area contributed by atoms with Crippen LogP contribution in [-0.4, -0.2) is 89.0 Å². The number of hydrogen-bond acceptors (Lipinski definition) is 6. The third-order valence-electron chi connectivity index (χ3n) is 8.00. The summed E-state index contributed by atoms with van der Waals surface area (Å²) in [6.07, 6.45) is 3.53. The van der Waals surface area contributed by atoms with E-state index in [4.69, 9.17) is 10.5 Å². The van der Waals surface area contributed by atoms with Gasteiger partial charge in [-0.3, -0.25) is 9.59 Å². The van der Waals surface area contributed by atoms with Crippen LogP contribution in [0.15, 0.2) is 60.8 Å². The maximum absolute atomic E-state index is 14.0. The summed E-state index contributed by atoms with van der Waals surface area (Å²) in [4.78, 5) is 60.3. The average molecular weight is 619 g/mol. The summed E-state index contributed by atoms with van der Waals surface area (Å²) < 4.78 is 5.62. The molecule has 2 aromatic carbocycles. The number of unbranched alkanes of at least 4 members (excludes halogenated alkanes) is 1. The molecule has 4 rings (SSSR count). The summed E-state index contributed by atoms with van der Waals surface area (Å²) in [5, 5.41) is 6.79. The van der Waals surface area contributed by atoms with E-state index < -0.39 is 41.5 Å². The summed E-state index contributed by atoms with van der Waals surface area (Å²) in [6.45, 7) is 9.06. The molecule has 242 valence electrons. The molecule has 0 saturated carbocycles. The molecular formula is C34H46N6O5. The van der Waals surface area contributed by atoms with Gasteiger partial charge in [0, 0.05) is 54.8 Å². The molecule has 1 fully saturated rings. The summed E-state index contributed by atoms with van der Waals surface area (Å²) in [5.74, 6) is -1.54. The van der Waals surface area contributed by atoms with Crippen LogP contribution in [0.25, 0.3) is 10.9 Å². The molecule has 1 saturated heterocycles. The van der Waals surface area contributed by atoms with Crippen molar-refractivity contribution in [3.05, 3.63) is 71.9 Å². The molecule has 1 aromatic heterocycles. The van der Waals surface area contributed by atoms with E-state index in [2.05, 4.69) is 15.6 Å². The van der Waals surface area contributed by atoms with Gasteiger partial charge >= 0.3 is 12.0 Å². The fourth-order valence-electron chi connectivity index (χ4n) is 5.54. The smallest absolute Gasteiger partial charge is 0.329 e. The molecule has 3 unspecified atom stereocenters. The van der Waals surface area contributed by atoms with Gasteiger partial charge in [0.2, 0.25) is 5.91 Å². The first kappa shape index (κ1) is 33.5. The average Bonchev–Trinajstić information content (AvgIpc) is 3.46. The fourth-order valence-corrected chi connectivity index (χ4v) is 5.54. The Labute approximate surface area is 264 Å². The number of nitrogens with one attached hydrogen (secondary N) is 3. The van der Waals surface area contributed by atoms with E-state index >= 15 is 0 Å². The molecule has 1 aliphatic heterocycles. The minimum atomic E-state index is -1.000. The number of amides is 4. The van der Waals surface area contributed by atoms with Crippen molar-refractivity contribution in [3.63, 3.8) is 0 Å². The largest absolute Gasteiger partial charge is 0.458 e. The zero-order valence-electron chi connectivity index (χ0n) is 26.7. The number of carbonyl (C=O) groups is 4. The highest BCUT2D eigenvalue weighted by molar-refractivity contribution is 5.95. The van der Waals surface area contributed by atoms with Crippen LogP contribution in [0.5, 0.6) is 0 Å². The predicted molar refractivity (Wildman–Crippen MR) is 174 cm³/mol. The second kappa shape index (κ2) is 15.1. The fraction of sp³-hybridized carbons (Fsp3) is 0.471. The number of ether oxygens (including phenoxy) is 1. The number of hydrogen-bond donors (Lipinski definition) is 4. The van der Waals surface area contributed by atoms with Crippen LogP contribution >= 0.6 is 0 Å². The van der Waals surface area contributed by atoms with Gasteiger partial charge in [-0.25, -0.2) is 9.59 Å². The van der Waals surface area contributed by atoms with E-state index in [-0.39, 0.29) is 5.91 Å². The highest BCUT2D eigenvalue weighted by Crippen LogP contribution is 2.28. The van der Waals surface area contributed by atoms with Crippen LogP contribution in [0.1, 0.15) is 68.8 Å². The second-order valence-corrected chi connectivity index (χ2v) is 12.5. The Balaban J connectivity index is 1.52. The van der Waals surface area contributed by atoms with Gasteiger partial charge in [-0.2, -0.15) is 0 Å². The topological polar surface area (TPSA) is 150 Å². The summed E-state index contributed by atoms with van der Waals surface area (Å²) in [6, 6.07) is 14.5. The van der Waals surface area contributed by atoms with Crippen LogP contribution in [0.2, 0.25) is 0 Å². The Bertz CT molecular complexity index is 1460. The van der Waals surface area contributed by atoms with Gasteiger partial charge in [-0.15, -0.1) is 0 Å². The van der Waals surface area contributed by atoms with Gasteiger partial charge in [-0.05, 0) is 70.3 Å². The first-order valence-corrected chi connectivity index (χ1v) is 15.7. The van der Waals surface area contributed by atoms with E-state index in [1.807, 2.05) is 55.6 Å². The lowest BCUT2D eigenvalue weighted by molar-refractivity contribution is -0.159. The van der Waals surface area contributed by atoms with Crippen LogP contribution in [-0.2, 0) is 14.3 Å². The van der Waals surface area contributed by atoms with Gasteiger partial charge in [0.1, 0.15) is 17.7 Å². The van der Waals surface area contributed by atoms with E-state index in [1.165, 1.54) is 0 Å². The highest BCUT2D eigenvalue weighted by Gasteiger charge is 2.35. The van der Waals surface area contributed by atoms with Crippen molar-refractivity contribution < 1.29 is 23.9 Å². The Kier molecular flexibility index (Phi) is 11.2. The third-order valence-corrected chi connectivity index (χ3v) is 8.00. The zero-order chi connectivity index (χ0) is 32.6. The molecule has 3 aromatic rings. The molecular weight excluding hydrogens is 572 g/mol. The van der Waals surface area contributed by atoms with Crippen molar-refractivity contribution in [1.82, 2.24) is 25.4 Å². The monoisotopic (exact) mass is 618 g/mol. The van der Waals surface area contributed by atoms with Gasteiger partial charge in [0.25, 0.3) is 5.91 Å². The van der Waals surface area contributed by atoms with Crippen molar-refractivity contribution in [2.75, 3.05) is 32.7 Å². The molecule has 5 N–H and O–H groups in total. The minimum Gasteiger partial charge on any atom is -0.458 e. The van der Waals surface area contributed by atoms with Crippen LogP contribution in [0, 0.1) is 0 Å². The summed E-state index contributed by atoms with van der Waals surface area (Å²) in [7, 11) is 0. The maximum Gasteiger partial charge on any atom is 0.329 e. The number of aromatic nitrogens is 1. The number of piperazine rings is 1. The molecule has 11 nitrogen and oxygen atoms in total. The lowest BCUT2D eigenvalue weighted by atomic mass is 9.92. The van der Waals surface area contributed by atoms with E-state index in [9.17, 15) is 19.2 Å². The first-order valence-electron chi connectivity index (χ1n) is 15.7. The molecule has 1 aliphatic rings. The lowest BCUT2D eigenvalue weighted by Crippen LogP contribution is -2.59. The molecule has 0 radical (unpaired) electrons. The predicted octanol–water partition coefficient (Wildman–Crippen LogP) is 3.76. The summed E-state index contributed by atoms with van der Waals surface area (Å²) in [5.41, 5.74) is 7.33. The van der Waals surface area contributed by atoms with Gasteiger partial charge in [0.05, 0.1) is 0 Å². The second-order valence-electron chi connectivity index (χ2n) is 12.5. The summed E-state index contributed by atoms with van der Waals surface area (Å²) >= 11 is 0. The van der Waals surface area contributed by atoms with Gasteiger partial charge in [-0.1, -0.05) is 43.3 Å². The molecule has 0 bridgehead atoms. The number of nitrogens with zero attached hydrogens (tertiary/aromatic N) is 2. The number of esters is 1. The molecule has 3 atom stereocenters. The first-order chi connectivity index (χ1) is 21.5. The number of H-pyrrole nitrogens is 1. The molecule has 2 heterocycles. The van der Waals surface area contributed by atoms with E-state index in [1.54, 1.807) is 42.7 Å². The molecule has 11 heteroatoms. The number of rotatable bonds is 11. The number of aromatic amines is 1. The Morgan fingerprint density at radius 3 is 2.22 bits per heavy atom. The van der Waals surface area contributed by atoms with E-state index in [0.29, 0.717) is 57.5 Å². The highest BCUT2D eigenvalue weighted by atomic mass is 16.6. The zero-order valence-corrected chi connectivity index (χ0v) is 26.7. The maximum atomic E-state index is 14.0. The molecule has 4 amide bonds. The SMILES string of the molecule is CC(c1c[nH]c2ccccc12)C(NC(=O)N1CCN(C(=O)c2ccccc2)CC1)C(=O)NC(CCCCN)C(=O)OC(C)(C)C. The lowest BCUT2D eigenvalue weighted by Gasteiger charge is -2.36.